The number of pyridine rings is 1. The third-order valence-corrected chi connectivity index (χ3v) is 5.35. The smallest absolute Gasteiger partial charge is 0.229 e. The number of carbonyl (C=O) groups excluding carboxylic acids is 1. The largest absolute Gasteiger partial charge is 0.344 e. The maximum Gasteiger partial charge on any atom is 0.229 e. The third-order valence-electron chi connectivity index (χ3n) is 4.31. The van der Waals surface area contributed by atoms with Crippen LogP contribution in [0.25, 0.3) is 0 Å². The van der Waals surface area contributed by atoms with Crippen LogP contribution < -0.4 is 0 Å². The van der Waals surface area contributed by atoms with Crippen LogP contribution in [0.4, 0.5) is 0 Å². The van der Waals surface area contributed by atoms with E-state index in [1.54, 1.807) is 30.2 Å². The van der Waals surface area contributed by atoms with Crippen molar-refractivity contribution < 1.29 is 9.32 Å². The van der Waals surface area contributed by atoms with Gasteiger partial charge in [-0.15, -0.1) is 0 Å². The number of rotatable bonds is 7. The molecule has 0 aliphatic rings. The van der Waals surface area contributed by atoms with Crippen molar-refractivity contribution in [2.75, 3.05) is 0 Å². The normalized spacial score (nSPS) is 10.9. The van der Waals surface area contributed by atoms with Crippen LogP contribution in [0, 0.1) is 6.92 Å². The molecule has 0 spiro atoms. The van der Waals surface area contributed by atoms with Gasteiger partial charge in [0.2, 0.25) is 11.1 Å². The highest BCUT2D eigenvalue weighted by atomic mass is 35.5. The molecule has 28 heavy (non-hydrogen) atoms. The van der Waals surface area contributed by atoms with Gasteiger partial charge in [0.15, 0.2) is 0 Å². The minimum atomic E-state index is -0.0339. The van der Waals surface area contributed by atoms with E-state index in [1.807, 2.05) is 24.3 Å². The van der Waals surface area contributed by atoms with Gasteiger partial charge in [0.1, 0.15) is 0 Å². The van der Waals surface area contributed by atoms with E-state index in [4.69, 9.17) is 39.3 Å². The molecule has 0 saturated carbocycles. The first-order valence-corrected chi connectivity index (χ1v) is 9.79. The van der Waals surface area contributed by atoms with E-state index in [1.165, 1.54) is 0 Å². The van der Waals surface area contributed by atoms with E-state index in [0.717, 1.165) is 16.8 Å². The summed E-state index contributed by atoms with van der Waals surface area (Å²) in [4.78, 5) is 19.0. The molecule has 2 aromatic heterocycles. The van der Waals surface area contributed by atoms with Crippen LogP contribution in [-0.4, -0.2) is 20.9 Å². The number of amides is 1. The maximum atomic E-state index is 13.0. The van der Waals surface area contributed by atoms with Gasteiger partial charge in [-0.1, -0.05) is 40.5 Å². The predicted octanol–water partition coefficient (Wildman–Crippen LogP) is 5.50. The highest BCUT2D eigenvalue weighted by molar-refractivity contribution is 6.42. The Hall–Kier alpha value is -2.08. The van der Waals surface area contributed by atoms with Crippen LogP contribution in [0.3, 0.4) is 0 Å². The molecule has 8 heteroatoms. The second-order valence-electron chi connectivity index (χ2n) is 6.34. The Balaban J connectivity index is 1.76. The Morgan fingerprint density at radius 3 is 2.57 bits per heavy atom. The number of halogens is 3. The van der Waals surface area contributed by atoms with Crippen molar-refractivity contribution in [1.82, 2.24) is 15.0 Å². The summed E-state index contributed by atoms with van der Waals surface area (Å²) in [5.74, 6) is -0.0339. The number of hydrogen-bond donors (Lipinski definition) is 0. The summed E-state index contributed by atoms with van der Waals surface area (Å²) in [6, 6.07) is 11.0. The number of hydrogen-bond acceptors (Lipinski definition) is 4. The summed E-state index contributed by atoms with van der Waals surface area (Å²) >= 11 is 18.1. The lowest BCUT2D eigenvalue weighted by Crippen LogP contribution is -2.30. The quantitative estimate of drug-likeness (QED) is 0.489. The summed E-state index contributed by atoms with van der Waals surface area (Å²) in [5, 5.41) is 4.98. The minimum Gasteiger partial charge on any atom is -0.344 e. The second kappa shape index (κ2) is 9.41. The summed E-state index contributed by atoms with van der Waals surface area (Å²) in [5.41, 5.74) is 3.13. The lowest BCUT2D eigenvalue weighted by molar-refractivity contribution is -0.132. The fraction of sp³-hybridized carbons (Fsp3) is 0.250. The van der Waals surface area contributed by atoms with E-state index >= 15 is 0 Å². The molecule has 0 atom stereocenters. The first-order valence-electron chi connectivity index (χ1n) is 8.66. The summed E-state index contributed by atoms with van der Waals surface area (Å²) in [6.07, 6.45) is 2.43. The predicted molar refractivity (Wildman–Crippen MR) is 110 cm³/mol. The fourth-order valence-electron chi connectivity index (χ4n) is 2.81. The van der Waals surface area contributed by atoms with Crippen molar-refractivity contribution in [3.63, 3.8) is 0 Å². The SMILES string of the molecule is Cc1noc(Cl)c1CCC(=O)N(Cc1ccc(Cl)c(Cl)c1)Cc1ccccn1. The van der Waals surface area contributed by atoms with Crippen molar-refractivity contribution in [2.45, 2.75) is 32.9 Å². The average molecular weight is 439 g/mol. The molecule has 0 bridgehead atoms. The Morgan fingerprint density at radius 2 is 1.93 bits per heavy atom. The maximum absolute atomic E-state index is 13.0. The van der Waals surface area contributed by atoms with Gasteiger partial charge in [-0.3, -0.25) is 9.78 Å². The molecule has 0 aliphatic carbocycles. The van der Waals surface area contributed by atoms with Crippen LogP contribution in [0.5, 0.6) is 0 Å². The molecule has 0 saturated heterocycles. The van der Waals surface area contributed by atoms with E-state index < -0.39 is 0 Å². The van der Waals surface area contributed by atoms with Crippen molar-refractivity contribution in [3.05, 3.63) is 80.4 Å². The van der Waals surface area contributed by atoms with Gasteiger partial charge in [0.05, 0.1) is 28.0 Å². The summed E-state index contributed by atoms with van der Waals surface area (Å²) in [6.45, 7) is 2.58. The molecular formula is C20H18Cl3N3O2. The van der Waals surface area contributed by atoms with Crippen molar-refractivity contribution in [2.24, 2.45) is 0 Å². The highest BCUT2D eigenvalue weighted by Crippen LogP contribution is 2.24. The molecule has 0 unspecified atom stereocenters. The van der Waals surface area contributed by atoms with Gasteiger partial charge in [0, 0.05) is 24.7 Å². The number of aryl methyl sites for hydroxylation is 1. The zero-order chi connectivity index (χ0) is 20.1. The van der Waals surface area contributed by atoms with Crippen molar-refractivity contribution in [3.8, 4) is 0 Å². The van der Waals surface area contributed by atoms with Gasteiger partial charge in [-0.05, 0) is 54.8 Å². The average Bonchev–Trinajstić information content (AvgIpc) is 3.01. The van der Waals surface area contributed by atoms with Gasteiger partial charge >= 0.3 is 0 Å². The molecule has 0 fully saturated rings. The molecule has 0 radical (unpaired) electrons. The Labute approximate surface area is 178 Å². The monoisotopic (exact) mass is 437 g/mol. The van der Waals surface area contributed by atoms with Gasteiger partial charge < -0.3 is 9.42 Å². The lowest BCUT2D eigenvalue weighted by Gasteiger charge is -2.23. The summed E-state index contributed by atoms with van der Waals surface area (Å²) in [7, 11) is 0. The number of nitrogens with zero attached hydrogens (tertiary/aromatic N) is 3. The zero-order valence-corrected chi connectivity index (χ0v) is 17.4. The Kier molecular flexibility index (Phi) is 6.94. The molecule has 3 rings (SSSR count). The van der Waals surface area contributed by atoms with Crippen LogP contribution >= 0.6 is 34.8 Å². The molecule has 1 amide bonds. The second-order valence-corrected chi connectivity index (χ2v) is 7.50. The number of aromatic nitrogens is 2. The molecule has 0 aliphatic heterocycles. The molecule has 146 valence electrons. The molecule has 1 aromatic carbocycles. The summed E-state index contributed by atoms with van der Waals surface area (Å²) < 4.78 is 4.96. The van der Waals surface area contributed by atoms with Crippen LogP contribution in [0.2, 0.25) is 15.3 Å². The van der Waals surface area contributed by atoms with Gasteiger partial charge in [0.25, 0.3) is 0 Å². The number of benzene rings is 1. The Morgan fingerprint density at radius 1 is 1.11 bits per heavy atom. The molecule has 2 heterocycles. The first kappa shape index (κ1) is 20.6. The topological polar surface area (TPSA) is 59.2 Å². The number of carbonyl (C=O) groups is 1. The molecular weight excluding hydrogens is 421 g/mol. The lowest BCUT2D eigenvalue weighted by atomic mass is 10.1. The standard InChI is InChI=1S/C20H18Cl3N3O2/c1-13-16(20(23)28-25-13)6-8-19(27)26(12-15-4-2-3-9-24-15)11-14-5-7-17(21)18(22)10-14/h2-5,7,9-10H,6,8,11-12H2,1H3. The highest BCUT2D eigenvalue weighted by Gasteiger charge is 2.18. The van der Waals surface area contributed by atoms with E-state index in [0.29, 0.717) is 35.2 Å². The Bertz CT molecular complexity index is 941. The van der Waals surface area contributed by atoms with Crippen molar-refractivity contribution >= 4 is 40.7 Å². The fourth-order valence-corrected chi connectivity index (χ4v) is 3.39. The van der Waals surface area contributed by atoms with Gasteiger partial charge in [-0.2, -0.15) is 0 Å². The molecule has 3 aromatic rings. The van der Waals surface area contributed by atoms with Crippen LogP contribution in [-0.2, 0) is 24.3 Å². The zero-order valence-electron chi connectivity index (χ0n) is 15.2. The molecule has 5 nitrogen and oxygen atoms in total. The van der Waals surface area contributed by atoms with E-state index in [2.05, 4.69) is 10.1 Å². The molecule has 0 N–H and O–H groups in total. The van der Waals surface area contributed by atoms with Crippen LogP contribution in [0.15, 0.2) is 47.1 Å². The van der Waals surface area contributed by atoms with Crippen LogP contribution in [0.1, 0.15) is 28.9 Å². The third kappa shape index (κ3) is 5.25. The minimum absolute atomic E-state index is 0.0339. The van der Waals surface area contributed by atoms with E-state index in [9.17, 15) is 4.79 Å². The van der Waals surface area contributed by atoms with Gasteiger partial charge in [-0.25, -0.2) is 0 Å². The first-order chi connectivity index (χ1) is 13.4. The van der Waals surface area contributed by atoms with Crippen molar-refractivity contribution in [1.29, 1.82) is 0 Å². The van der Waals surface area contributed by atoms with E-state index in [-0.39, 0.29) is 17.5 Å².